The molecule has 3 unspecified atom stereocenters. The van der Waals surface area contributed by atoms with Gasteiger partial charge in [0.25, 0.3) is 0 Å². The van der Waals surface area contributed by atoms with Gasteiger partial charge in [-0.2, -0.15) is 0 Å². The van der Waals surface area contributed by atoms with E-state index in [1.807, 2.05) is 17.5 Å². The van der Waals surface area contributed by atoms with Crippen molar-refractivity contribution in [3.8, 4) is 0 Å². The molecule has 1 aromatic rings. The van der Waals surface area contributed by atoms with Crippen molar-refractivity contribution in [1.29, 1.82) is 0 Å². The summed E-state index contributed by atoms with van der Waals surface area (Å²) in [5.41, 5.74) is 0.265. The van der Waals surface area contributed by atoms with E-state index in [1.54, 1.807) is 11.3 Å². The number of nitrogens with one attached hydrogen (secondary N) is 1. The third-order valence-corrected chi connectivity index (χ3v) is 5.54. The van der Waals surface area contributed by atoms with Gasteiger partial charge in [-0.15, -0.1) is 11.3 Å². The molecule has 0 spiro atoms. The maximum absolute atomic E-state index is 11.2. The van der Waals surface area contributed by atoms with Gasteiger partial charge in [-0.1, -0.05) is 39.7 Å². The van der Waals surface area contributed by atoms with E-state index in [0.717, 1.165) is 11.3 Å². The molecular formula is C17H27NO2S. The fourth-order valence-electron chi connectivity index (χ4n) is 3.53. The van der Waals surface area contributed by atoms with Crippen LogP contribution in [0.4, 0.5) is 0 Å². The molecule has 118 valence electrons. The molecule has 1 heterocycles. The number of carboxylic acids is 1. The van der Waals surface area contributed by atoms with Gasteiger partial charge in [-0.3, -0.25) is 4.79 Å². The van der Waals surface area contributed by atoms with Crippen LogP contribution in [-0.4, -0.2) is 17.1 Å². The molecule has 2 N–H and O–H groups in total. The molecule has 21 heavy (non-hydrogen) atoms. The molecule has 4 heteroatoms. The molecule has 1 aromatic heterocycles. The van der Waals surface area contributed by atoms with E-state index >= 15 is 0 Å². The first-order chi connectivity index (χ1) is 9.88. The molecule has 2 rings (SSSR count). The molecule has 0 amide bonds. The minimum absolute atomic E-state index is 0.0598. The van der Waals surface area contributed by atoms with Crippen molar-refractivity contribution in [3.63, 3.8) is 0 Å². The molecule has 0 bridgehead atoms. The highest BCUT2D eigenvalue weighted by molar-refractivity contribution is 7.10. The smallest absolute Gasteiger partial charge is 0.305 e. The molecule has 0 radical (unpaired) electrons. The number of thiophene rings is 1. The van der Waals surface area contributed by atoms with Gasteiger partial charge < -0.3 is 10.4 Å². The second kappa shape index (κ2) is 6.93. The van der Waals surface area contributed by atoms with Crippen LogP contribution in [0.5, 0.6) is 0 Å². The largest absolute Gasteiger partial charge is 0.481 e. The Bertz CT molecular complexity index is 450. The Kier molecular flexibility index (Phi) is 5.44. The Morgan fingerprint density at radius 1 is 1.43 bits per heavy atom. The van der Waals surface area contributed by atoms with E-state index < -0.39 is 5.97 Å². The molecule has 0 aromatic carbocycles. The number of carboxylic acid groups (broad SMARTS) is 1. The van der Waals surface area contributed by atoms with Crippen molar-refractivity contribution >= 4 is 17.3 Å². The van der Waals surface area contributed by atoms with Crippen LogP contribution in [0, 0.1) is 11.3 Å². The average Bonchev–Trinajstić information content (AvgIpc) is 2.90. The summed E-state index contributed by atoms with van der Waals surface area (Å²) < 4.78 is 0. The van der Waals surface area contributed by atoms with Crippen molar-refractivity contribution in [3.05, 3.63) is 22.4 Å². The number of rotatable bonds is 5. The summed E-state index contributed by atoms with van der Waals surface area (Å²) in [6.45, 7) is 6.90. The molecule has 1 aliphatic carbocycles. The van der Waals surface area contributed by atoms with Crippen LogP contribution < -0.4 is 5.32 Å². The highest BCUT2D eigenvalue weighted by Gasteiger charge is 2.35. The topological polar surface area (TPSA) is 49.3 Å². The van der Waals surface area contributed by atoms with E-state index in [2.05, 4.69) is 26.1 Å². The fourth-order valence-corrected chi connectivity index (χ4v) is 4.32. The average molecular weight is 309 g/mol. The lowest BCUT2D eigenvalue weighted by molar-refractivity contribution is -0.137. The second-order valence-electron chi connectivity index (χ2n) is 7.20. The van der Waals surface area contributed by atoms with Crippen molar-refractivity contribution in [1.82, 2.24) is 5.32 Å². The summed E-state index contributed by atoms with van der Waals surface area (Å²) >= 11 is 1.64. The van der Waals surface area contributed by atoms with Crippen molar-refractivity contribution in [2.45, 2.75) is 65.0 Å². The highest BCUT2D eigenvalue weighted by Crippen LogP contribution is 2.39. The van der Waals surface area contributed by atoms with Gasteiger partial charge in [0, 0.05) is 10.9 Å². The van der Waals surface area contributed by atoms with Crippen molar-refractivity contribution in [2.24, 2.45) is 11.3 Å². The van der Waals surface area contributed by atoms with Crippen LogP contribution in [0.1, 0.15) is 63.8 Å². The van der Waals surface area contributed by atoms with Crippen molar-refractivity contribution < 1.29 is 9.90 Å². The summed E-state index contributed by atoms with van der Waals surface area (Å²) in [5.74, 6) is -0.119. The maximum atomic E-state index is 11.2. The standard InChI is InChI=1S/C17H27NO2S/c1-17(2,3)12-7-4-5-8-13(12)18-14(11-16(19)20)15-9-6-10-21-15/h6,9-10,12-14,18H,4-5,7-8,11H2,1-3H3,(H,19,20). The molecule has 0 saturated heterocycles. The van der Waals surface area contributed by atoms with Gasteiger partial charge in [0.2, 0.25) is 0 Å². The highest BCUT2D eigenvalue weighted by atomic mass is 32.1. The fraction of sp³-hybridized carbons (Fsp3) is 0.706. The minimum atomic E-state index is -0.732. The zero-order valence-corrected chi connectivity index (χ0v) is 14.1. The van der Waals surface area contributed by atoms with Crippen LogP contribution in [0.15, 0.2) is 17.5 Å². The lowest BCUT2D eigenvalue weighted by Crippen LogP contribution is -2.45. The van der Waals surface area contributed by atoms with Crippen LogP contribution in [0.3, 0.4) is 0 Å². The Hall–Kier alpha value is -0.870. The van der Waals surface area contributed by atoms with Crippen LogP contribution in [-0.2, 0) is 4.79 Å². The summed E-state index contributed by atoms with van der Waals surface area (Å²) in [7, 11) is 0. The Labute approximate surface area is 131 Å². The lowest BCUT2D eigenvalue weighted by atomic mass is 9.69. The predicted molar refractivity (Wildman–Crippen MR) is 87.6 cm³/mol. The summed E-state index contributed by atoms with van der Waals surface area (Å²) in [6.07, 6.45) is 5.10. The molecule has 3 nitrogen and oxygen atoms in total. The van der Waals surface area contributed by atoms with Gasteiger partial charge in [0.1, 0.15) is 0 Å². The predicted octanol–water partition coefficient (Wildman–Crippen LogP) is 4.46. The van der Waals surface area contributed by atoms with E-state index in [4.69, 9.17) is 0 Å². The summed E-state index contributed by atoms with van der Waals surface area (Å²) in [4.78, 5) is 12.3. The molecule has 1 fully saturated rings. The first-order valence-corrected chi connectivity index (χ1v) is 8.77. The Balaban J connectivity index is 2.12. The summed E-state index contributed by atoms with van der Waals surface area (Å²) in [6, 6.07) is 4.40. The lowest BCUT2D eigenvalue weighted by Gasteiger charge is -2.42. The second-order valence-corrected chi connectivity index (χ2v) is 8.18. The normalized spacial score (nSPS) is 24.7. The zero-order chi connectivity index (χ0) is 15.5. The van der Waals surface area contributed by atoms with E-state index in [1.165, 1.54) is 19.3 Å². The number of hydrogen-bond acceptors (Lipinski definition) is 3. The van der Waals surface area contributed by atoms with Crippen molar-refractivity contribution in [2.75, 3.05) is 0 Å². The SMILES string of the molecule is CC(C)(C)C1CCCCC1NC(CC(=O)O)c1cccs1. The molecule has 1 saturated carbocycles. The van der Waals surface area contributed by atoms with Gasteiger partial charge in [0.05, 0.1) is 12.5 Å². The number of hydrogen-bond donors (Lipinski definition) is 2. The van der Waals surface area contributed by atoms with E-state index in [-0.39, 0.29) is 17.9 Å². The van der Waals surface area contributed by atoms with Crippen LogP contribution >= 0.6 is 11.3 Å². The molecule has 1 aliphatic rings. The number of carbonyl (C=O) groups is 1. The quantitative estimate of drug-likeness (QED) is 0.844. The molecule has 3 atom stereocenters. The number of aliphatic carboxylic acids is 1. The summed E-state index contributed by atoms with van der Waals surface area (Å²) in [5, 5.41) is 14.9. The first-order valence-electron chi connectivity index (χ1n) is 7.89. The molecular weight excluding hydrogens is 282 g/mol. The monoisotopic (exact) mass is 309 g/mol. The van der Waals surface area contributed by atoms with Gasteiger partial charge in [-0.05, 0) is 35.6 Å². The van der Waals surface area contributed by atoms with Gasteiger partial charge >= 0.3 is 5.97 Å². The van der Waals surface area contributed by atoms with Crippen LogP contribution in [0.2, 0.25) is 0 Å². The Morgan fingerprint density at radius 2 is 2.14 bits per heavy atom. The van der Waals surface area contributed by atoms with Gasteiger partial charge in [-0.25, -0.2) is 0 Å². The Morgan fingerprint density at radius 3 is 2.71 bits per heavy atom. The van der Waals surface area contributed by atoms with E-state index in [0.29, 0.717) is 12.0 Å². The van der Waals surface area contributed by atoms with E-state index in [9.17, 15) is 9.90 Å². The third-order valence-electron chi connectivity index (χ3n) is 4.56. The zero-order valence-electron chi connectivity index (χ0n) is 13.3. The van der Waals surface area contributed by atoms with Crippen LogP contribution in [0.25, 0.3) is 0 Å². The third kappa shape index (κ3) is 4.55. The van der Waals surface area contributed by atoms with Gasteiger partial charge in [0.15, 0.2) is 0 Å². The molecule has 0 aliphatic heterocycles. The first kappa shape index (κ1) is 16.5. The minimum Gasteiger partial charge on any atom is -0.481 e. The maximum Gasteiger partial charge on any atom is 0.305 e.